The van der Waals surface area contributed by atoms with Crippen molar-refractivity contribution >= 4 is 28.0 Å². The summed E-state index contributed by atoms with van der Waals surface area (Å²) in [7, 11) is 1.55. The van der Waals surface area contributed by atoms with Crippen LogP contribution >= 0.6 is 0 Å². The molecule has 1 heterocycles. The Balaban J connectivity index is 2.03. The maximum absolute atomic E-state index is 13.4. The van der Waals surface area contributed by atoms with Crippen LogP contribution in [0.5, 0.6) is 17.2 Å². The first-order valence-corrected chi connectivity index (χ1v) is 11.9. The van der Waals surface area contributed by atoms with E-state index >= 15 is 0 Å². The van der Waals surface area contributed by atoms with Crippen LogP contribution in [0, 0.1) is 0 Å². The quantitative estimate of drug-likeness (QED) is 0.423. The Morgan fingerprint density at radius 3 is 2.23 bits per heavy atom. The highest BCUT2D eigenvalue weighted by Crippen LogP contribution is 2.47. The van der Waals surface area contributed by atoms with Crippen molar-refractivity contribution in [1.29, 1.82) is 0 Å². The minimum absolute atomic E-state index is 0.0280. The number of allylic oxidation sites excluding steroid dienone is 1. The van der Waals surface area contributed by atoms with Crippen LogP contribution in [-0.4, -0.2) is 34.2 Å². The van der Waals surface area contributed by atoms with Crippen molar-refractivity contribution in [3.63, 3.8) is 0 Å². The van der Waals surface area contributed by atoms with E-state index in [0.717, 1.165) is 11.1 Å². The Morgan fingerprint density at radius 1 is 0.971 bits per heavy atom. The van der Waals surface area contributed by atoms with Crippen LogP contribution in [0.4, 0.5) is 0 Å². The van der Waals surface area contributed by atoms with Crippen LogP contribution < -0.4 is 9.47 Å². The fraction of sp³-hybridized carbons (Fsp3) is 0.379. The number of carbonyl (C=O) groups excluding carboxylic acids is 1. The molecule has 0 bridgehead atoms. The number of methoxy groups -OCH3 is 1. The van der Waals surface area contributed by atoms with E-state index in [4.69, 9.17) is 9.47 Å². The molecular weight excluding hydrogens is 442 g/mol. The number of carbonyl (C=O) groups is 1. The number of pyridine rings is 1. The molecule has 0 amide bonds. The molecule has 35 heavy (non-hydrogen) atoms. The summed E-state index contributed by atoms with van der Waals surface area (Å²) in [5, 5.41) is 23.1. The van der Waals surface area contributed by atoms with Gasteiger partial charge in [-0.3, -0.25) is 4.79 Å². The molecule has 2 aromatic carbocycles. The first kappa shape index (κ1) is 24.6. The molecule has 4 rings (SSSR count). The molecule has 0 aliphatic heterocycles. The number of benzene rings is 2. The number of rotatable bonds is 5. The lowest BCUT2D eigenvalue weighted by atomic mass is 9.85. The van der Waals surface area contributed by atoms with E-state index in [1.807, 2.05) is 38.1 Å². The van der Waals surface area contributed by atoms with E-state index < -0.39 is 5.78 Å². The predicted octanol–water partition coefficient (Wildman–Crippen LogP) is 6.78. The zero-order valence-corrected chi connectivity index (χ0v) is 21.6. The number of Topliss-reactive ketones (excluding diaryl/α,β-unsaturated/α-hetero) is 1. The lowest BCUT2D eigenvalue weighted by Gasteiger charge is -2.19. The van der Waals surface area contributed by atoms with Crippen molar-refractivity contribution in [3.8, 4) is 17.2 Å². The van der Waals surface area contributed by atoms with E-state index in [9.17, 15) is 15.0 Å². The van der Waals surface area contributed by atoms with Crippen LogP contribution in [0.1, 0.15) is 87.1 Å². The number of nitrogens with zero attached hydrogens (tertiary/aromatic N) is 1. The third-order valence-corrected chi connectivity index (χ3v) is 6.33. The number of aromatic hydroxyl groups is 1. The van der Waals surface area contributed by atoms with Crippen LogP contribution in [0.2, 0.25) is 0 Å². The summed E-state index contributed by atoms with van der Waals surface area (Å²) < 4.78 is 11.7. The first-order valence-electron chi connectivity index (χ1n) is 11.9. The van der Waals surface area contributed by atoms with Gasteiger partial charge in [-0.2, -0.15) is 0 Å². The number of ketones is 1. The van der Waals surface area contributed by atoms with Crippen molar-refractivity contribution in [2.24, 2.45) is 0 Å². The summed E-state index contributed by atoms with van der Waals surface area (Å²) in [4.78, 5) is 18.1. The summed E-state index contributed by atoms with van der Waals surface area (Å²) in [5.74, 6) is 0.0313. The molecule has 1 aliphatic rings. The minimum atomic E-state index is -0.395. The molecule has 0 spiro atoms. The number of aromatic nitrogens is 1. The summed E-state index contributed by atoms with van der Waals surface area (Å²) in [6.45, 7) is 14.0. The second kappa shape index (κ2) is 8.59. The standard InChI is InChI=1S/C29H33NO5/c1-14(2)16-11-20-23(21(12-16)34-8)30-24(27(33)28(20)35-15(3)4)22-25(31)18-10-9-17(29(5,6)7)13-19(18)26(22)32/h9-15,32-33H,1-8H3. The third-order valence-electron chi connectivity index (χ3n) is 6.33. The molecule has 184 valence electrons. The van der Waals surface area contributed by atoms with Crippen LogP contribution in [0.3, 0.4) is 0 Å². The van der Waals surface area contributed by atoms with Gasteiger partial charge in [-0.15, -0.1) is 0 Å². The number of ether oxygens (including phenoxy) is 2. The van der Waals surface area contributed by atoms with Gasteiger partial charge in [-0.05, 0) is 60.6 Å². The number of fused-ring (bicyclic) bond motifs is 2. The molecule has 0 fully saturated rings. The summed E-state index contributed by atoms with van der Waals surface area (Å²) >= 11 is 0. The molecule has 0 radical (unpaired) electrons. The van der Waals surface area contributed by atoms with E-state index in [2.05, 4.69) is 39.6 Å². The fourth-order valence-corrected chi connectivity index (χ4v) is 4.34. The molecule has 1 aliphatic carbocycles. The average Bonchev–Trinajstić information content (AvgIpc) is 3.03. The topological polar surface area (TPSA) is 88.9 Å². The molecule has 0 saturated heterocycles. The molecule has 3 aromatic rings. The molecule has 0 atom stereocenters. The number of hydrogen-bond acceptors (Lipinski definition) is 6. The molecule has 1 aromatic heterocycles. The molecule has 2 N–H and O–H groups in total. The van der Waals surface area contributed by atoms with Crippen LogP contribution in [-0.2, 0) is 5.41 Å². The molecule has 6 heteroatoms. The van der Waals surface area contributed by atoms with Gasteiger partial charge in [0, 0.05) is 11.1 Å². The molecular formula is C29H33NO5. The zero-order valence-electron chi connectivity index (χ0n) is 21.6. The van der Waals surface area contributed by atoms with Crippen LogP contribution in [0.15, 0.2) is 30.3 Å². The smallest absolute Gasteiger partial charge is 0.199 e. The van der Waals surface area contributed by atoms with Crippen molar-refractivity contribution in [2.75, 3.05) is 7.11 Å². The SMILES string of the molecule is COc1cc(C(C)C)cc2c(OC(C)C)c(O)c(C3=C(O)c4cc(C(C)(C)C)ccc4C3=O)nc12. The lowest BCUT2D eigenvalue weighted by molar-refractivity contribution is 0.105. The van der Waals surface area contributed by atoms with E-state index in [1.165, 1.54) is 0 Å². The van der Waals surface area contributed by atoms with Gasteiger partial charge >= 0.3 is 0 Å². The number of hydrogen-bond donors (Lipinski definition) is 2. The Hall–Kier alpha value is -3.54. The Kier molecular flexibility index (Phi) is 6.04. The van der Waals surface area contributed by atoms with Gasteiger partial charge < -0.3 is 19.7 Å². The minimum Gasteiger partial charge on any atom is -0.506 e. The zero-order chi connectivity index (χ0) is 25.8. The van der Waals surface area contributed by atoms with Crippen molar-refractivity contribution in [2.45, 2.75) is 65.9 Å². The highest BCUT2D eigenvalue weighted by molar-refractivity contribution is 6.39. The summed E-state index contributed by atoms with van der Waals surface area (Å²) in [5.41, 5.74) is 3.00. The number of aliphatic hydroxyl groups excluding tert-OH is 1. The predicted molar refractivity (Wildman–Crippen MR) is 139 cm³/mol. The second-order valence-corrected chi connectivity index (χ2v) is 10.6. The highest BCUT2D eigenvalue weighted by Gasteiger charge is 2.36. The largest absolute Gasteiger partial charge is 0.506 e. The molecule has 0 saturated carbocycles. The van der Waals surface area contributed by atoms with Gasteiger partial charge in [0.1, 0.15) is 22.7 Å². The van der Waals surface area contributed by atoms with Crippen molar-refractivity contribution < 1.29 is 24.5 Å². The van der Waals surface area contributed by atoms with Gasteiger partial charge in [0.25, 0.3) is 0 Å². The van der Waals surface area contributed by atoms with Crippen LogP contribution in [0.25, 0.3) is 22.2 Å². The Morgan fingerprint density at radius 2 is 1.66 bits per heavy atom. The molecule has 0 unspecified atom stereocenters. The van der Waals surface area contributed by atoms with Gasteiger partial charge in [-0.25, -0.2) is 4.98 Å². The summed E-state index contributed by atoms with van der Waals surface area (Å²) in [6, 6.07) is 9.26. The Bertz CT molecular complexity index is 1380. The lowest BCUT2D eigenvalue weighted by Crippen LogP contribution is -2.11. The van der Waals surface area contributed by atoms with E-state index in [-0.39, 0.29) is 46.0 Å². The van der Waals surface area contributed by atoms with E-state index in [0.29, 0.717) is 27.8 Å². The maximum Gasteiger partial charge on any atom is 0.199 e. The van der Waals surface area contributed by atoms with Gasteiger partial charge in [0.05, 0.1) is 24.2 Å². The first-order chi connectivity index (χ1) is 16.3. The fourth-order valence-electron chi connectivity index (χ4n) is 4.34. The average molecular weight is 476 g/mol. The normalized spacial score (nSPS) is 13.8. The van der Waals surface area contributed by atoms with Gasteiger partial charge in [0.15, 0.2) is 17.3 Å². The van der Waals surface area contributed by atoms with Crippen molar-refractivity contribution in [3.05, 3.63) is 58.3 Å². The Labute approximate surface area is 206 Å². The van der Waals surface area contributed by atoms with Gasteiger partial charge in [-0.1, -0.05) is 40.7 Å². The molecule has 6 nitrogen and oxygen atoms in total. The second-order valence-electron chi connectivity index (χ2n) is 10.6. The highest BCUT2D eigenvalue weighted by atomic mass is 16.5. The monoisotopic (exact) mass is 475 g/mol. The summed E-state index contributed by atoms with van der Waals surface area (Å²) in [6.07, 6.45) is -0.249. The third kappa shape index (κ3) is 4.11. The van der Waals surface area contributed by atoms with Gasteiger partial charge in [0.2, 0.25) is 0 Å². The van der Waals surface area contributed by atoms with Crippen molar-refractivity contribution in [1.82, 2.24) is 4.98 Å². The maximum atomic E-state index is 13.4. The van der Waals surface area contributed by atoms with E-state index in [1.54, 1.807) is 13.2 Å². The number of aliphatic hydroxyl groups is 1.